The number of hydrogen-bond donors (Lipinski definition) is 2. The maximum absolute atomic E-state index is 13.2. The van der Waals surface area contributed by atoms with Crippen LogP contribution in [0.1, 0.15) is 34.7 Å². The van der Waals surface area contributed by atoms with Crippen molar-refractivity contribution in [3.63, 3.8) is 0 Å². The third-order valence-corrected chi connectivity index (χ3v) is 8.79. The highest BCUT2D eigenvalue weighted by molar-refractivity contribution is 5.87. The summed E-state index contributed by atoms with van der Waals surface area (Å²) in [4.78, 5) is 28.3. The van der Waals surface area contributed by atoms with Gasteiger partial charge in [0.05, 0.1) is 34.0 Å². The Morgan fingerprint density at radius 1 is 0.918 bits per heavy atom. The van der Waals surface area contributed by atoms with Gasteiger partial charge >= 0.3 is 6.09 Å². The van der Waals surface area contributed by atoms with Gasteiger partial charge in [-0.2, -0.15) is 4.98 Å². The van der Waals surface area contributed by atoms with Gasteiger partial charge in [0.2, 0.25) is 5.95 Å². The zero-order valence-corrected chi connectivity index (χ0v) is 29.1. The summed E-state index contributed by atoms with van der Waals surface area (Å²) in [5.41, 5.74) is 3.91. The van der Waals surface area contributed by atoms with Crippen molar-refractivity contribution in [1.82, 2.24) is 19.8 Å². The first kappa shape index (κ1) is 35.2. The third kappa shape index (κ3) is 8.51. The molecular formula is C37H46N6O6. The monoisotopic (exact) mass is 670 g/mol. The minimum absolute atomic E-state index is 0.176. The van der Waals surface area contributed by atoms with Gasteiger partial charge in [-0.15, -0.1) is 0 Å². The Morgan fingerprint density at radius 2 is 1.63 bits per heavy atom. The number of amides is 1. The average molecular weight is 671 g/mol. The van der Waals surface area contributed by atoms with Crippen LogP contribution in [0.5, 0.6) is 23.0 Å². The molecule has 5 rings (SSSR count). The van der Waals surface area contributed by atoms with Gasteiger partial charge < -0.3 is 39.2 Å². The molecular weight excluding hydrogens is 624 g/mol. The Hall–Kier alpha value is -5.07. The second kappa shape index (κ2) is 16.4. The van der Waals surface area contributed by atoms with Gasteiger partial charge in [0.25, 0.3) is 0 Å². The van der Waals surface area contributed by atoms with Crippen molar-refractivity contribution in [2.75, 3.05) is 77.9 Å². The molecule has 1 amide bonds. The molecule has 12 heteroatoms. The average Bonchev–Trinajstić information content (AvgIpc) is 3.10. The highest BCUT2D eigenvalue weighted by Gasteiger charge is 2.34. The molecule has 0 spiro atoms. The number of piperazine rings is 1. The molecule has 1 aliphatic rings. The first-order chi connectivity index (χ1) is 23.7. The highest BCUT2D eigenvalue weighted by Crippen LogP contribution is 2.41. The summed E-state index contributed by atoms with van der Waals surface area (Å²) in [5.74, 6) is 2.67. The molecule has 49 heavy (non-hydrogen) atoms. The maximum Gasteiger partial charge on any atom is 0.413 e. The van der Waals surface area contributed by atoms with Gasteiger partial charge in [0.15, 0.2) is 11.5 Å². The minimum Gasteiger partial charge on any atom is -0.497 e. The number of benzene rings is 3. The standard InChI is InChI=1S/C37H46N6O6/c1-25-9-7-10-26(2)34(25)35(29-24-28(46-4)12-14-30(29)47-5)43(37(44)45)33-15-16-38-36(40-33)39-27-11-13-31(32(23-27)48-6)49-22-8-17-42-20-18-41(3)19-21-42/h7,9-16,23-24,35H,8,17-22H2,1-6H3,(H,44,45)(H,38,39,40). The van der Waals surface area contributed by atoms with Crippen LogP contribution >= 0.6 is 0 Å². The molecule has 1 aromatic heterocycles. The number of nitrogens with zero attached hydrogens (tertiary/aromatic N) is 5. The fraction of sp³-hybridized carbons (Fsp3) is 0.378. The topological polar surface area (TPSA) is 122 Å². The number of carboxylic acid groups (broad SMARTS) is 1. The molecule has 0 bridgehead atoms. The van der Waals surface area contributed by atoms with Crippen LogP contribution < -0.4 is 29.2 Å². The second-order valence-corrected chi connectivity index (χ2v) is 12.0. The predicted octanol–water partition coefficient (Wildman–Crippen LogP) is 6.15. The van der Waals surface area contributed by atoms with Gasteiger partial charge in [0, 0.05) is 56.2 Å². The lowest BCUT2D eigenvalue weighted by Gasteiger charge is -2.32. The largest absolute Gasteiger partial charge is 0.497 e. The van der Waals surface area contributed by atoms with Crippen LogP contribution in [0.15, 0.2) is 66.9 Å². The Bertz CT molecular complexity index is 1710. The van der Waals surface area contributed by atoms with Crippen molar-refractivity contribution >= 4 is 23.5 Å². The second-order valence-electron chi connectivity index (χ2n) is 12.0. The van der Waals surface area contributed by atoms with E-state index in [2.05, 4.69) is 32.1 Å². The highest BCUT2D eigenvalue weighted by atomic mass is 16.5. The number of anilines is 3. The molecule has 12 nitrogen and oxygen atoms in total. The molecule has 1 saturated heterocycles. The Balaban J connectivity index is 1.40. The Morgan fingerprint density at radius 3 is 2.31 bits per heavy atom. The van der Waals surface area contributed by atoms with E-state index in [1.807, 2.05) is 44.2 Å². The lowest BCUT2D eigenvalue weighted by Crippen LogP contribution is -2.44. The molecule has 2 N–H and O–H groups in total. The Kier molecular flexibility index (Phi) is 11.8. The first-order valence-corrected chi connectivity index (χ1v) is 16.3. The zero-order chi connectivity index (χ0) is 34.9. The van der Waals surface area contributed by atoms with Crippen LogP contribution in [0, 0.1) is 13.8 Å². The van der Waals surface area contributed by atoms with Crippen molar-refractivity contribution in [2.24, 2.45) is 0 Å². The predicted molar refractivity (Wildman–Crippen MR) is 190 cm³/mol. The summed E-state index contributed by atoms with van der Waals surface area (Å²) < 4.78 is 23.0. The first-order valence-electron chi connectivity index (χ1n) is 16.3. The van der Waals surface area contributed by atoms with E-state index in [0.717, 1.165) is 55.8 Å². The summed E-state index contributed by atoms with van der Waals surface area (Å²) in [6.07, 6.45) is 1.25. The van der Waals surface area contributed by atoms with Crippen LogP contribution in [-0.4, -0.2) is 98.7 Å². The van der Waals surface area contributed by atoms with Crippen LogP contribution in [0.3, 0.4) is 0 Å². The van der Waals surface area contributed by atoms with Gasteiger partial charge in [-0.1, -0.05) is 18.2 Å². The Labute approximate surface area is 288 Å². The van der Waals surface area contributed by atoms with E-state index >= 15 is 0 Å². The van der Waals surface area contributed by atoms with Crippen LogP contribution in [0.2, 0.25) is 0 Å². The number of aryl methyl sites for hydroxylation is 2. The van der Waals surface area contributed by atoms with Crippen LogP contribution in [0.4, 0.5) is 22.2 Å². The van der Waals surface area contributed by atoms with Crippen molar-refractivity contribution in [1.29, 1.82) is 0 Å². The van der Waals surface area contributed by atoms with Crippen molar-refractivity contribution in [3.05, 3.63) is 89.1 Å². The number of hydrogen-bond acceptors (Lipinski definition) is 10. The normalized spacial score (nSPS) is 14.2. The fourth-order valence-corrected chi connectivity index (χ4v) is 6.16. The zero-order valence-electron chi connectivity index (χ0n) is 29.1. The number of carbonyl (C=O) groups is 1. The number of ether oxygens (including phenoxy) is 4. The van der Waals surface area contributed by atoms with Gasteiger partial charge in [-0.05, 0) is 80.4 Å². The maximum atomic E-state index is 13.2. The van der Waals surface area contributed by atoms with Crippen molar-refractivity contribution < 1.29 is 28.8 Å². The summed E-state index contributed by atoms with van der Waals surface area (Å²) in [6.45, 7) is 9.83. The number of rotatable bonds is 14. The van der Waals surface area contributed by atoms with E-state index < -0.39 is 12.1 Å². The quantitative estimate of drug-likeness (QED) is 0.150. The van der Waals surface area contributed by atoms with Crippen LogP contribution in [-0.2, 0) is 0 Å². The fourth-order valence-electron chi connectivity index (χ4n) is 6.16. The SMILES string of the molecule is COc1ccc(OC)c(C(c2c(C)cccc2C)N(C(=O)O)c2ccnc(Nc3ccc(OCCCN4CCN(C)CC4)c(OC)c3)n2)c1. The summed E-state index contributed by atoms with van der Waals surface area (Å²) in [5, 5.41) is 14.0. The van der Waals surface area contributed by atoms with Gasteiger partial charge in [0.1, 0.15) is 17.3 Å². The molecule has 2 heterocycles. The van der Waals surface area contributed by atoms with E-state index in [0.29, 0.717) is 40.9 Å². The molecule has 0 aliphatic carbocycles. The van der Waals surface area contributed by atoms with Crippen molar-refractivity contribution in [3.8, 4) is 23.0 Å². The minimum atomic E-state index is -1.20. The molecule has 3 aromatic carbocycles. The van der Waals surface area contributed by atoms with Gasteiger partial charge in [-0.25, -0.2) is 14.7 Å². The van der Waals surface area contributed by atoms with Gasteiger partial charge in [-0.3, -0.25) is 0 Å². The molecule has 1 unspecified atom stereocenters. The van der Waals surface area contributed by atoms with E-state index in [9.17, 15) is 9.90 Å². The number of aromatic nitrogens is 2. The van der Waals surface area contributed by atoms with Crippen LogP contribution in [0.25, 0.3) is 0 Å². The summed E-state index contributed by atoms with van der Waals surface area (Å²) in [6, 6.07) is 17.5. The van der Waals surface area contributed by atoms with E-state index in [1.165, 1.54) is 11.1 Å². The van der Waals surface area contributed by atoms with E-state index in [4.69, 9.17) is 18.9 Å². The molecule has 1 fully saturated rings. The van der Waals surface area contributed by atoms with E-state index in [1.54, 1.807) is 51.7 Å². The lowest BCUT2D eigenvalue weighted by atomic mass is 9.89. The molecule has 4 aromatic rings. The lowest BCUT2D eigenvalue weighted by molar-refractivity contribution is 0.145. The smallest absolute Gasteiger partial charge is 0.413 e. The number of methoxy groups -OCH3 is 3. The number of likely N-dealkylation sites (N-methyl/N-ethyl adjacent to an activating group) is 1. The molecule has 0 saturated carbocycles. The summed E-state index contributed by atoms with van der Waals surface area (Å²) in [7, 11) is 6.88. The van der Waals surface area contributed by atoms with Crippen molar-refractivity contribution in [2.45, 2.75) is 26.3 Å². The molecule has 260 valence electrons. The van der Waals surface area contributed by atoms with E-state index in [-0.39, 0.29) is 11.8 Å². The third-order valence-electron chi connectivity index (χ3n) is 8.79. The summed E-state index contributed by atoms with van der Waals surface area (Å²) >= 11 is 0. The number of nitrogens with one attached hydrogen (secondary N) is 1. The molecule has 1 atom stereocenters. The molecule has 0 radical (unpaired) electrons. The molecule has 1 aliphatic heterocycles.